The van der Waals surface area contributed by atoms with Gasteiger partial charge >= 0.3 is 12.1 Å². The molecule has 1 amide bonds. The van der Waals surface area contributed by atoms with Crippen LogP contribution >= 0.6 is 0 Å². The van der Waals surface area contributed by atoms with Crippen molar-refractivity contribution < 1.29 is 27.9 Å². The van der Waals surface area contributed by atoms with E-state index in [2.05, 4.69) is 0 Å². The van der Waals surface area contributed by atoms with Crippen molar-refractivity contribution >= 4 is 11.9 Å². The third-order valence-corrected chi connectivity index (χ3v) is 5.07. The number of aliphatic carboxylic acids is 1. The predicted octanol–water partition coefficient (Wildman–Crippen LogP) is 3.07. The Morgan fingerprint density at radius 1 is 1.09 bits per heavy atom. The number of hydrogen-bond acceptors (Lipinski definition) is 2. The lowest BCUT2D eigenvalue weighted by Gasteiger charge is -2.32. The Labute approximate surface area is 127 Å². The molecular formula is C15H22F3NO3. The number of carboxylic acids is 1. The number of hydrogen-bond donors (Lipinski definition) is 1. The highest BCUT2D eigenvalue weighted by molar-refractivity contribution is 5.84. The number of nitrogens with zero attached hydrogens (tertiary/aromatic N) is 1. The zero-order valence-electron chi connectivity index (χ0n) is 12.7. The highest BCUT2D eigenvalue weighted by Crippen LogP contribution is 2.42. The maximum atomic E-state index is 13.0. The Balaban J connectivity index is 2.15. The molecule has 1 aliphatic carbocycles. The van der Waals surface area contributed by atoms with E-state index in [1.807, 2.05) is 0 Å². The second-order valence-electron chi connectivity index (χ2n) is 6.78. The molecule has 2 atom stereocenters. The topological polar surface area (TPSA) is 57.6 Å². The van der Waals surface area contributed by atoms with Crippen molar-refractivity contribution in [3.05, 3.63) is 0 Å². The lowest BCUT2D eigenvalue weighted by Crippen LogP contribution is -2.42. The summed E-state index contributed by atoms with van der Waals surface area (Å²) in [5.41, 5.74) is -0.653. The van der Waals surface area contributed by atoms with E-state index >= 15 is 0 Å². The molecular weight excluding hydrogens is 299 g/mol. The minimum absolute atomic E-state index is 0.313. The largest absolute Gasteiger partial charge is 0.481 e. The maximum absolute atomic E-state index is 13.0. The average Bonchev–Trinajstić information content (AvgIpc) is 2.76. The summed E-state index contributed by atoms with van der Waals surface area (Å²) >= 11 is 0. The molecule has 0 aromatic heterocycles. The van der Waals surface area contributed by atoms with Crippen molar-refractivity contribution in [2.45, 2.75) is 51.6 Å². The summed E-state index contributed by atoms with van der Waals surface area (Å²) in [4.78, 5) is 24.9. The molecule has 126 valence electrons. The quantitative estimate of drug-likeness (QED) is 0.795. The molecule has 4 nitrogen and oxygen atoms in total. The van der Waals surface area contributed by atoms with E-state index in [4.69, 9.17) is 5.11 Å². The van der Waals surface area contributed by atoms with Crippen LogP contribution in [-0.2, 0) is 9.59 Å². The van der Waals surface area contributed by atoms with Gasteiger partial charge in [0.05, 0.1) is 11.8 Å². The number of rotatable bonds is 2. The van der Waals surface area contributed by atoms with Gasteiger partial charge in [-0.25, -0.2) is 0 Å². The molecule has 0 radical (unpaired) electrons. The smallest absolute Gasteiger partial charge is 0.394 e. The molecule has 2 rings (SSSR count). The Kier molecular flexibility index (Phi) is 4.73. The molecule has 22 heavy (non-hydrogen) atoms. The fourth-order valence-corrected chi connectivity index (χ4v) is 3.66. The SMILES string of the molecule is CC1(C(=O)N2C[C@@H](C(F)(F)F)[C@H](C(=O)O)C2)CCCCCC1. The molecule has 2 aliphatic rings. The first-order valence-corrected chi connectivity index (χ1v) is 7.74. The molecule has 0 spiro atoms. The lowest BCUT2D eigenvalue weighted by molar-refractivity contribution is -0.188. The van der Waals surface area contributed by atoms with E-state index in [0.29, 0.717) is 12.8 Å². The number of alkyl halides is 3. The molecule has 0 bridgehead atoms. The van der Waals surface area contributed by atoms with Gasteiger partial charge in [0.25, 0.3) is 0 Å². The summed E-state index contributed by atoms with van der Waals surface area (Å²) in [7, 11) is 0. The van der Waals surface area contributed by atoms with E-state index in [9.17, 15) is 22.8 Å². The van der Waals surface area contributed by atoms with Crippen LogP contribution in [-0.4, -0.2) is 41.1 Å². The van der Waals surface area contributed by atoms with Gasteiger partial charge in [0.15, 0.2) is 0 Å². The van der Waals surface area contributed by atoms with Gasteiger partial charge in [-0.1, -0.05) is 32.6 Å². The van der Waals surface area contributed by atoms with E-state index < -0.39 is 35.9 Å². The first kappa shape index (κ1) is 17.1. The molecule has 1 saturated heterocycles. The van der Waals surface area contributed by atoms with Gasteiger partial charge in [-0.15, -0.1) is 0 Å². The van der Waals surface area contributed by atoms with Crippen LogP contribution in [0.3, 0.4) is 0 Å². The first-order chi connectivity index (χ1) is 10.1. The molecule has 1 aliphatic heterocycles. The van der Waals surface area contributed by atoms with Crippen LogP contribution in [0.25, 0.3) is 0 Å². The summed E-state index contributed by atoms with van der Waals surface area (Å²) in [6, 6.07) is 0. The third-order valence-electron chi connectivity index (χ3n) is 5.07. The van der Waals surface area contributed by atoms with Crippen molar-refractivity contribution in [2.75, 3.05) is 13.1 Å². The average molecular weight is 321 g/mol. The molecule has 1 N–H and O–H groups in total. The normalized spacial score (nSPS) is 29.2. The number of halogens is 3. The summed E-state index contributed by atoms with van der Waals surface area (Å²) in [5, 5.41) is 9.03. The molecule has 1 saturated carbocycles. The van der Waals surface area contributed by atoms with Crippen molar-refractivity contribution in [1.82, 2.24) is 4.90 Å². The van der Waals surface area contributed by atoms with Crippen molar-refractivity contribution in [3.63, 3.8) is 0 Å². The molecule has 0 unspecified atom stereocenters. The molecule has 7 heteroatoms. The fraction of sp³-hybridized carbons (Fsp3) is 0.867. The molecule has 1 heterocycles. The number of carboxylic acid groups (broad SMARTS) is 1. The number of carbonyl (C=O) groups is 2. The third kappa shape index (κ3) is 3.38. The van der Waals surface area contributed by atoms with Gasteiger partial charge in [0.1, 0.15) is 0 Å². The second-order valence-corrected chi connectivity index (χ2v) is 6.78. The summed E-state index contributed by atoms with van der Waals surface area (Å²) < 4.78 is 39.0. The van der Waals surface area contributed by atoms with Gasteiger partial charge < -0.3 is 10.0 Å². The van der Waals surface area contributed by atoms with Gasteiger partial charge in [-0.3, -0.25) is 9.59 Å². The molecule has 0 aromatic rings. The van der Waals surface area contributed by atoms with Gasteiger partial charge in [0.2, 0.25) is 5.91 Å². The Morgan fingerprint density at radius 2 is 1.64 bits per heavy atom. The van der Waals surface area contributed by atoms with Crippen LogP contribution in [0.5, 0.6) is 0 Å². The van der Waals surface area contributed by atoms with Crippen LogP contribution in [0.2, 0.25) is 0 Å². The van der Waals surface area contributed by atoms with Crippen molar-refractivity contribution in [2.24, 2.45) is 17.3 Å². The highest BCUT2D eigenvalue weighted by atomic mass is 19.4. The zero-order chi connectivity index (χ0) is 16.5. The monoisotopic (exact) mass is 321 g/mol. The Hall–Kier alpha value is -1.27. The van der Waals surface area contributed by atoms with Crippen LogP contribution in [0.15, 0.2) is 0 Å². The highest BCUT2D eigenvalue weighted by Gasteiger charge is 2.54. The van der Waals surface area contributed by atoms with E-state index in [1.54, 1.807) is 6.92 Å². The zero-order valence-corrected chi connectivity index (χ0v) is 12.7. The minimum Gasteiger partial charge on any atom is -0.481 e. The molecule has 0 aromatic carbocycles. The van der Waals surface area contributed by atoms with Gasteiger partial charge in [0, 0.05) is 18.5 Å². The Morgan fingerprint density at radius 3 is 2.05 bits per heavy atom. The first-order valence-electron chi connectivity index (χ1n) is 7.74. The standard InChI is InChI=1S/C15H22F3NO3/c1-14(6-4-2-3-5-7-14)13(22)19-8-10(12(20)21)11(9-19)15(16,17)18/h10-11H,2-9H2,1H3,(H,20,21)/t10-,11-/m1/s1. The van der Waals surface area contributed by atoms with Gasteiger partial charge in [-0.05, 0) is 12.8 Å². The van der Waals surface area contributed by atoms with Crippen LogP contribution in [0, 0.1) is 17.3 Å². The van der Waals surface area contributed by atoms with Crippen molar-refractivity contribution in [1.29, 1.82) is 0 Å². The van der Waals surface area contributed by atoms with E-state index in [-0.39, 0.29) is 12.5 Å². The van der Waals surface area contributed by atoms with E-state index in [0.717, 1.165) is 30.6 Å². The number of likely N-dealkylation sites (tertiary alicyclic amines) is 1. The number of amides is 1. The lowest BCUT2D eigenvalue weighted by atomic mass is 9.81. The summed E-state index contributed by atoms with van der Waals surface area (Å²) in [6.45, 7) is 0.931. The van der Waals surface area contributed by atoms with Crippen LogP contribution in [0.4, 0.5) is 13.2 Å². The summed E-state index contributed by atoms with van der Waals surface area (Å²) in [6.07, 6.45) is 0.579. The molecule has 2 fully saturated rings. The Bertz CT molecular complexity index is 442. The maximum Gasteiger partial charge on any atom is 0.394 e. The van der Waals surface area contributed by atoms with E-state index in [1.165, 1.54) is 0 Å². The minimum atomic E-state index is -4.59. The predicted molar refractivity (Wildman–Crippen MR) is 73.1 cm³/mol. The summed E-state index contributed by atoms with van der Waals surface area (Å²) in [5.74, 6) is -5.32. The second kappa shape index (κ2) is 6.08. The van der Waals surface area contributed by atoms with Crippen LogP contribution < -0.4 is 0 Å². The van der Waals surface area contributed by atoms with Crippen molar-refractivity contribution in [3.8, 4) is 0 Å². The van der Waals surface area contributed by atoms with Gasteiger partial charge in [-0.2, -0.15) is 13.2 Å². The number of carbonyl (C=O) groups excluding carboxylic acids is 1. The van der Waals surface area contributed by atoms with Crippen LogP contribution in [0.1, 0.15) is 45.4 Å². The fourth-order valence-electron chi connectivity index (χ4n) is 3.66.